The molecule has 1 heterocycles. The van der Waals surface area contributed by atoms with E-state index in [9.17, 15) is 14.7 Å². The molecule has 0 bridgehead atoms. The predicted molar refractivity (Wildman–Crippen MR) is 72.8 cm³/mol. The maximum Gasteiger partial charge on any atom is 0.322 e. The van der Waals surface area contributed by atoms with Crippen LogP contribution in [0.3, 0.4) is 0 Å². The molecular formula is C14H18N2O4. The molecule has 0 aliphatic carbocycles. The molecule has 6 nitrogen and oxygen atoms in total. The molecule has 1 unspecified atom stereocenters. The lowest BCUT2D eigenvalue weighted by Gasteiger charge is -2.19. The number of aliphatic hydroxyl groups excluding tert-OH is 1. The first-order valence-corrected chi connectivity index (χ1v) is 6.41. The van der Waals surface area contributed by atoms with E-state index in [1.807, 2.05) is 6.92 Å². The number of aldehydes is 1. The molecule has 1 atom stereocenters. The molecule has 6 heteroatoms. The van der Waals surface area contributed by atoms with E-state index >= 15 is 0 Å². The summed E-state index contributed by atoms with van der Waals surface area (Å²) in [5.74, 6) is 0.671. The van der Waals surface area contributed by atoms with Crippen molar-refractivity contribution < 1.29 is 19.4 Å². The molecular weight excluding hydrogens is 260 g/mol. The first kappa shape index (κ1) is 14.3. The summed E-state index contributed by atoms with van der Waals surface area (Å²) in [5.41, 5.74) is 1.46. The number of aliphatic hydroxyl groups is 1. The quantitative estimate of drug-likeness (QED) is 0.811. The summed E-state index contributed by atoms with van der Waals surface area (Å²) in [6.45, 7) is 2.77. The maximum absolute atomic E-state index is 11.7. The minimum Gasteiger partial charge on any atom is -0.491 e. The predicted octanol–water partition coefficient (Wildman–Crippen LogP) is 0.872. The van der Waals surface area contributed by atoms with E-state index in [1.54, 1.807) is 25.2 Å². The molecule has 2 amide bonds. The first-order chi connectivity index (χ1) is 9.52. The minimum atomic E-state index is -0.783. The van der Waals surface area contributed by atoms with Crippen LogP contribution in [0.4, 0.5) is 4.79 Å². The number of amides is 2. The number of likely N-dealkylation sites (N-methyl/N-ethyl adjacent to an activating group) is 1. The summed E-state index contributed by atoms with van der Waals surface area (Å²) in [6, 6.07) is 4.95. The Morgan fingerprint density at radius 3 is 2.80 bits per heavy atom. The molecule has 0 spiro atoms. The third-order valence-corrected chi connectivity index (χ3v) is 3.29. The average molecular weight is 278 g/mol. The van der Waals surface area contributed by atoms with E-state index in [-0.39, 0.29) is 12.6 Å². The number of rotatable bonds is 5. The molecule has 1 aromatic carbocycles. The Kier molecular flexibility index (Phi) is 4.24. The van der Waals surface area contributed by atoms with Crippen LogP contribution in [0.15, 0.2) is 18.2 Å². The van der Waals surface area contributed by atoms with Gasteiger partial charge in [-0.05, 0) is 30.7 Å². The average Bonchev–Trinajstić information content (AvgIpc) is 2.66. The van der Waals surface area contributed by atoms with Gasteiger partial charge >= 0.3 is 6.03 Å². The topological polar surface area (TPSA) is 70.1 Å². The van der Waals surface area contributed by atoms with Gasteiger partial charge in [0.05, 0.1) is 13.1 Å². The first-order valence-electron chi connectivity index (χ1n) is 6.41. The summed E-state index contributed by atoms with van der Waals surface area (Å²) in [5, 5.41) is 9.72. The van der Waals surface area contributed by atoms with E-state index < -0.39 is 6.23 Å². The van der Waals surface area contributed by atoms with Crippen molar-refractivity contribution in [3.05, 3.63) is 29.3 Å². The number of carbonyl (C=O) groups is 2. The molecule has 1 saturated heterocycles. The van der Waals surface area contributed by atoms with Gasteiger partial charge in [-0.15, -0.1) is 0 Å². The number of carbonyl (C=O) groups excluding carboxylic acids is 2. The number of ether oxygens (including phenoxy) is 1. The second-order valence-corrected chi connectivity index (χ2v) is 4.83. The molecule has 0 saturated carbocycles. The zero-order valence-corrected chi connectivity index (χ0v) is 11.6. The second-order valence-electron chi connectivity index (χ2n) is 4.83. The zero-order valence-electron chi connectivity index (χ0n) is 11.6. The molecule has 1 aliphatic rings. The van der Waals surface area contributed by atoms with Crippen LogP contribution >= 0.6 is 0 Å². The van der Waals surface area contributed by atoms with Crippen molar-refractivity contribution in [1.82, 2.24) is 9.80 Å². The minimum absolute atomic E-state index is 0.200. The van der Waals surface area contributed by atoms with Gasteiger partial charge in [0.1, 0.15) is 24.9 Å². The van der Waals surface area contributed by atoms with Crippen molar-refractivity contribution in [2.24, 2.45) is 0 Å². The summed E-state index contributed by atoms with van der Waals surface area (Å²) in [6.07, 6.45) is 0.000858. The van der Waals surface area contributed by atoms with Crippen molar-refractivity contribution in [3.63, 3.8) is 0 Å². The van der Waals surface area contributed by atoms with Crippen molar-refractivity contribution >= 4 is 12.3 Å². The van der Waals surface area contributed by atoms with Crippen LogP contribution in [0.25, 0.3) is 0 Å². The molecule has 2 rings (SSSR count). The van der Waals surface area contributed by atoms with Crippen molar-refractivity contribution in [2.45, 2.75) is 13.2 Å². The van der Waals surface area contributed by atoms with Crippen molar-refractivity contribution in [3.8, 4) is 5.75 Å². The zero-order chi connectivity index (χ0) is 14.7. The van der Waals surface area contributed by atoms with Crippen LogP contribution < -0.4 is 4.74 Å². The fourth-order valence-electron chi connectivity index (χ4n) is 2.17. The molecule has 1 N–H and O–H groups in total. The Balaban J connectivity index is 1.90. The van der Waals surface area contributed by atoms with E-state index in [0.29, 0.717) is 24.4 Å². The van der Waals surface area contributed by atoms with Gasteiger partial charge in [-0.2, -0.15) is 0 Å². The van der Waals surface area contributed by atoms with Gasteiger partial charge in [0.25, 0.3) is 0 Å². The Morgan fingerprint density at radius 2 is 2.25 bits per heavy atom. The maximum atomic E-state index is 11.7. The highest BCUT2D eigenvalue weighted by Crippen LogP contribution is 2.19. The summed E-state index contributed by atoms with van der Waals surface area (Å²) >= 11 is 0. The summed E-state index contributed by atoms with van der Waals surface area (Å²) < 4.78 is 5.59. The number of β-amino-alcohol motifs (C(OH)–C–C–N with tert-alkyl or cyclic N) is 1. The van der Waals surface area contributed by atoms with Gasteiger partial charge in [-0.3, -0.25) is 9.69 Å². The highest BCUT2D eigenvalue weighted by molar-refractivity contribution is 5.76. The third-order valence-electron chi connectivity index (χ3n) is 3.29. The lowest BCUT2D eigenvalue weighted by molar-refractivity contribution is 0.0552. The molecule has 0 aromatic heterocycles. The van der Waals surface area contributed by atoms with E-state index in [1.165, 1.54) is 9.80 Å². The Hall–Kier alpha value is -2.08. The van der Waals surface area contributed by atoms with Gasteiger partial charge in [0, 0.05) is 12.6 Å². The van der Waals surface area contributed by atoms with E-state index in [4.69, 9.17) is 4.74 Å². The standard InChI is InChI=1S/C14H18N2O4/c1-10-7-11(9-17)3-4-12(10)20-6-5-16-13(18)8-15(2)14(16)19/h3-4,7,9,13,18H,5-6,8H2,1-2H3. The highest BCUT2D eigenvalue weighted by Gasteiger charge is 2.33. The smallest absolute Gasteiger partial charge is 0.322 e. The second kappa shape index (κ2) is 5.92. The van der Waals surface area contributed by atoms with Gasteiger partial charge in [-0.25, -0.2) is 4.79 Å². The SMILES string of the molecule is Cc1cc(C=O)ccc1OCCN1C(=O)N(C)CC1O. The van der Waals surface area contributed by atoms with E-state index in [2.05, 4.69) is 0 Å². The van der Waals surface area contributed by atoms with Crippen molar-refractivity contribution in [2.75, 3.05) is 26.7 Å². The largest absolute Gasteiger partial charge is 0.491 e. The van der Waals surface area contributed by atoms with Crippen LogP contribution in [0.1, 0.15) is 15.9 Å². The molecule has 20 heavy (non-hydrogen) atoms. The van der Waals surface area contributed by atoms with Crippen LogP contribution in [0.5, 0.6) is 5.75 Å². The van der Waals surface area contributed by atoms with Gasteiger partial charge in [0.2, 0.25) is 0 Å². The Morgan fingerprint density at radius 1 is 1.50 bits per heavy atom. The van der Waals surface area contributed by atoms with Crippen LogP contribution in [0, 0.1) is 6.92 Å². The number of benzene rings is 1. The lowest BCUT2D eigenvalue weighted by atomic mass is 10.1. The molecule has 1 aliphatic heterocycles. The molecule has 108 valence electrons. The van der Waals surface area contributed by atoms with Gasteiger partial charge in [0.15, 0.2) is 0 Å². The third kappa shape index (κ3) is 2.91. The Labute approximate surface area is 117 Å². The fraction of sp³-hybridized carbons (Fsp3) is 0.429. The summed E-state index contributed by atoms with van der Waals surface area (Å²) in [4.78, 5) is 25.2. The highest BCUT2D eigenvalue weighted by atomic mass is 16.5. The number of hydrogen-bond donors (Lipinski definition) is 1. The molecule has 0 radical (unpaired) electrons. The lowest BCUT2D eigenvalue weighted by Crippen LogP contribution is -2.37. The molecule has 1 fully saturated rings. The molecule has 1 aromatic rings. The van der Waals surface area contributed by atoms with E-state index in [0.717, 1.165) is 11.8 Å². The number of hydrogen-bond acceptors (Lipinski definition) is 4. The monoisotopic (exact) mass is 278 g/mol. The van der Waals surface area contributed by atoms with Gasteiger partial charge < -0.3 is 14.7 Å². The summed E-state index contributed by atoms with van der Waals surface area (Å²) in [7, 11) is 1.65. The van der Waals surface area contributed by atoms with Crippen LogP contribution in [-0.2, 0) is 0 Å². The number of urea groups is 1. The number of aryl methyl sites for hydroxylation is 1. The normalized spacial score (nSPS) is 18.6. The Bertz CT molecular complexity index is 518. The van der Waals surface area contributed by atoms with Crippen LogP contribution in [-0.4, -0.2) is 60.2 Å². The fourth-order valence-corrected chi connectivity index (χ4v) is 2.17. The number of nitrogens with zero attached hydrogens (tertiary/aromatic N) is 2. The van der Waals surface area contributed by atoms with Gasteiger partial charge in [-0.1, -0.05) is 0 Å². The van der Waals surface area contributed by atoms with Crippen molar-refractivity contribution in [1.29, 1.82) is 0 Å². The van der Waals surface area contributed by atoms with Crippen LogP contribution in [0.2, 0.25) is 0 Å².